The summed E-state index contributed by atoms with van der Waals surface area (Å²) in [5.41, 5.74) is 3.87. The lowest BCUT2D eigenvalue weighted by atomic mass is 9.86. The molecule has 0 radical (unpaired) electrons. The van der Waals surface area contributed by atoms with Crippen LogP contribution < -0.4 is 10.1 Å². The van der Waals surface area contributed by atoms with Crippen molar-refractivity contribution in [2.75, 3.05) is 19.0 Å². The third kappa shape index (κ3) is 5.70. The Morgan fingerprint density at radius 1 is 0.972 bits per heavy atom. The molecule has 1 N–H and O–H groups in total. The van der Waals surface area contributed by atoms with E-state index in [4.69, 9.17) is 14.7 Å². The van der Waals surface area contributed by atoms with Gasteiger partial charge in [0.05, 0.1) is 5.52 Å². The smallest absolute Gasteiger partial charge is 0.170 e. The molecule has 4 aromatic rings. The van der Waals surface area contributed by atoms with Gasteiger partial charge in [-0.25, -0.2) is 9.97 Å². The average molecular weight is 481 g/mol. The summed E-state index contributed by atoms with van der Waals surface area (Å²) < 4.78 is 5.78. The van der Waals surface area contributed by atoms with Crippen molar-refractivity contribution >= 4 is 22.5 Å². The lowest BCUT2D eigenvalue weighted by Gasteiger charge is -2.20. The van der Waals surface area contributed by atoms with Crippen molar-refractivity contribution < 1.29 is 9.53 Å². The summed E-state index contributed by atoms with van der Waals surface area (Å²) in [4.78, 5) is 25.9. The van der Waals surface area contributed by atoms with Crippen LogP contribution in [0.4, 0.5) is 5.82 Å². The summed E-state index contributed by atoms with van der Waals surface area (Å²) in [5, 5.41) is 4.15. The Kier molecular flexibility index (Phi) is 7.50. The van der Waals surface area contributed by atoms with E-state index in [9.17, 15) is 4.79 Å². The molecule has 2 aromatic carbocycles. The minimum atomic E-state index is 0.143. The molecule has 0 amide bonds. The maximum atomic E-state index is 12.3. The molecule has 6 nitrogen and oxygen atoms in total. The highest BCUT2D eigenvalue weighted by Crippen LogP contribution is 2.30. The maximum absolute atomic E-state index is 12.3. The van der Waals surface area contributed by atoms with Gasteiger partial charge in [-0.3, -0.25) is 9.78 Å². The summed E-state index contributed by atoms with van der Waals surface area (Å²) in [6, 6.07) is 17.9. The maximum Gasteiger partial charge on any atom is 0.170 e. The number of ether oxygens (including phenoxy) is 1. The minimum absolute atomic E-state index is 0.143. The second-order valence-corrected chi connectivity index (χ2v) is 9.51. The number of nitrogens with zero attached hydrogens (tertiary/aromatic N) is 3. The fourth-order valence-electron chi connectivity index (χ4n) is 4.94. The van der Waals surface area contributed by atoms with Crippen molar-refractivity contribution in [1.82, 2.24) is 15.0 Å². The molecule has 0 spiro atoms. The first-order valence-corrected chi connectivity index (χ1v) is 12.8. The van der Waals surface area contributed by atoms with Gasteiger partial charge in [0, 0.05) is 36.8 Å². The predicted octanol–water partition coefficient (Wildman–Crippen LogP) is 6.71. The quantitative estimate of drug-likeness (QED) is 0.287. The summed E-state index contributed by atoms with van der Waals surface area (Å²) in [5.74, 6) is 3.03. The van der Waals surface area contributed by atoms with E-state index in [0.29, 0.717) is 18.0 Å². The van der Waals surface area contributed by atoms with E-state index < -0.39 is 0 Å². The SMILES string of the molecule is CNc1nc(-c2cccnc2)nc2ccc(-c3ccc(OCC(=O)CCC4CCCCC4)cc3)cc12. The molecule has 1 fully saturated rings. The summed E-state index contributed by atoms with van der Waals surface area (Å²) in [7, 11) is 1.87. The van der Waals surface area contributed by atoms with Gasteiger partial charge in [-0.15, -0.1) is 0 Å². The second-order valence-electron chi connectivity index (χ2n) is 9.51. The number of rotatable bonds is 9. The molecular formula is C30H32N4O2. The number of fused-ring (bicyclic) bond motifs is 1. The first-order valence-electron chi connectivity index (χ1n) is 12.8. The van der Waals surface area contributed by atoms with Gasteiger partial charge in [-0.05, 0) is 59.9 Å². The fraction of sp³-hybridized carbons (Fsp3) is 0.333. The summed E-state index contributed by atoms with van der Waals surface area (Å²) in [6.45, 7) is 0.143. The molecule has 5 rings (SSSR count). The van der Waals surface area contributed by atoms with Crippen LogP contribution in [0, 0.1) is 5.92 Å². The molecule has 36 heavy (non-hydrogen) atoms. The second kappa shape index (κ2) is 11.3. The van der Waals surface area contributed by atoms with Gasteiger partial charge in [0.25, 0.3) is 0 Å². The standard InChI is InChI=1S/C30H32N4O2/c1-31-30-27-18-23(12-16-28(27)33-29(34-30)24-8-5-17-32-19-24)22-10-14-26(15-11-22)36-20-25(35)13-9-21-6-3-2-4-7-21/h5,8,10-12,14-19,21H,2-4,6-7,9,13,20H2,1H3,(H,31,33,34). The van der Waals surface area contributed by atoms with Crippen molar-refractivity contribution in [3.05, 3.63) is 67.0 Å². The molecule has 1 saturated carbocycles. The van der Waals surface area contributed by atoms with Crippen LogP contribution in [0.15, 0.2) is 67.0 Å². The zero-order chi connectivity index (χ0) is 24.7. The monoisotopic (exact) mass is 480 g/mol. The van der Waals surface area contributed by atoms with E-state index in [1.54, 1.807) is 12.4 Å². The highest BCUT2D eigenvalue weighted by atomic mass is 16.5. The highest BCUT2D eigenvalue weighted by molar-refractivity contribution is 5.93. The number of ketones is 1. The fourth-order valence-corrected chi connectivity index (χ4v) is 4.94. The van der Waals surface area contributed by atoms with Crippen molar-refractivity contribution in [3.63, 3.8) is 0 Å². The average Bonchev–Trinajstić information content (AvgIpc) is 2.95. The van der Waals surface area contributed by atoms with Crippen LogP contribution in [0.1, 0.15) is 44.9 Å². The van der Waals surface area contributed by atoms with E-state index in [-0.39, 0.29) is 12.4 Å². The lowest BCUT2D eigenvalue weighted by molar-refractivity contribution is -0.121. The third-order valence-electron chi connectivity index (χ3n) is 7.00. The number of anilines is 1. The third-order valence-corrected chi connectivity index (χ3v) is 7.00. The van der Waals surface area contributed by atoms with E-state index in [1.807, 2.05) is 49.5 Å². The first-order chi connectivity index (χ1) is 17.7. The Bertz CT molecular complexity index is 1320. The Hall–Kier alpha value is -3.80. The topological polar surface area (TPSA) is 77.0 Å². The molecule has 184 valence electrons. The lowest BCUT2D eigenvalue weighted by Crippen LogP contribution is -2.14. The number of hydrogen-bond donors (Lipinski definition) is 1. The number of nitrogens with one attached hydrogen (secondary N) is 1. The van der Waals surface area contributed by atoms with Crippen LogP contribution in [-0.2, 0) is 4.79 Å². The van der Waals surface area contributed by atoms with Crippen molar-refractivity contribution in [2.24, 2.45) is 5.92 Å². The van der Waals surface area contributed by atoms with Crippen LogP contribution in [0.5, 0.6) is 5.75 Å². The van der Waals surface area contributed by atoms with Crippen molar-refractivity contribution in [3.8, 4) is 28.3 Å². The number of aromatic nitrogens is 3. The van der Waals surface area contributed by atoms with Gasteiger partial charge in [0.15, 0.2) is 11.6 Å². The number of benzene rings is 2. The zero-order valence-corrected chi connectivity index (χ0v) is 20.7. The van der Waals surface area contributed by atoms with E-state index in [2.05, 4.69) is 22.4 Å². The van der Waals surface area contributed by atoms with Crippen LogP contribution in [0.25, 0.3) is 33.4 Å². The van der Waals surface area contributed by atoms with Crippen LogP contribution in [0.2, 0.25) is 0 Å². The Morgan fingerprint density at radius 3 is 2.53 bits per heavy atom. The Labute approximate surface area is 212 Å². The number of carbonyl (C=O) groups excluding carboxylic acids is 1. The molecule has 0 aliphatic heterocycles. The molecule has 6 heteroatoms. The first kappa shape index (κ1) is 23.9. The van der Waals surface area contributed by atoms with Gasteiger partial charge in [-0.1, -0.05) is 50.3 Å². The molecule has 0 saturated heterocycles. The van der Waals surface area contributed by atoms with Gasteiger partial charge in [-0.2, -0.15) is 0 Å². The van der Waals surface area contributed by atoms with Gasteiger partial charge < -0.3 is 10.1 Å². The van der Waals surface area contributed by atoms with E-state index >= 15 is 0 Å². The molecule has 1 aliphatic carbocycles. The number of Topliss-reactive ketones (excluding diaryl/α,β-unsaturated/α-hetero) is 1. The summed E-state index contributed by atoms with van der Waals surface area (Å²) in [6.07, 6.45) is 11.7. The molecule has 2 heterocycles. The van der Waals surface area contributed by atoms with E-state index in [1.165, 1.54) is 32.1 Å². The predicted molar refractivity (Wildman–Crippen MR) is 144 cm³/mol. The van der Waals surface area contributed by atoms with Crippen molar-refractivity contribution in [1.29, 1.82) is 0 Å². The largest absolute Gasteiger partial charge is 0.486 e. The van der Waals surface area contributed by atoms with E-state index in [0.717, 1.165) is 45.7 Å². The van der Waals surface area contributed by atoms with Gasteiger partial charge >= 0.3 is 0 Å². The van der Waals surface area contributed by atoms with Crippen LogP contribution in [0.3, 0.4) is 0 Å². The Balaban J connectivity index is 1.25. The normalized spacial score (nSPS) is 14.0. The molecule has 1 aliphatic rings. The number of hydrogen-bond acceptors (Lipinski definition) is 6. The van der Waals surface area contributed by atoms with Crippen LogP contribution in [-0.4, -0.2) is 34.4 Å². The van der Waals surface area contributed by atoms with Gasteiger partial charge in [0.1, 0.15) is 18.2 Å². The van der Waals surface area contributed by atoms with Gasteiger partial charge in [0.2, 0.25) is 0 Å². The Morgan fingerprint density at radius 2 is 1.78 bits per heavy atom. The summed E-state index contributed by atoms with van der Waals surface area (Å²) >= 11 is 0. The molecule has 0 bridgehead atoms. The zero-order valence-electron chi connectivity index (χ0n) is 20.7. The van der Waals surface area contributed by atoms with Crippen molar-refractivity contribution in [2.45, 2.75) is 44.9 Å². The number of carbonyl (C=O) groups is 1. The molecular weight excluding hydrogens is 448 g/mol. The van der Waals surface area contributed by atoms with Crippen LogP contribution >= 0.6 is 0 Å². The number of pyridine rings is 1. The molecule has 0 atom stereocenters. The molecule has 0 unspecified atom stereocenters. The highest BCUT2D eigenvalue weighted by Gasteiger charge is 2.15. The molecule has 2 aromatic heterocycles. The minimum Gasteiger partial charge on any atom is -0.486 e.